The van der Waals surface area contributed by atoms with Gasteiger partial charge in [0, 0.05) is 5.92 Å². The summed E-state index contributed by atoms with van der Waals surface area (Å²) in [6, 6.07) is 4.77. The van der Waals surface area contributed by atoms with Crippen molar-refractivity contribution in [2.75, 3.05) is 0 Å². The number of Topliss-reactive ketones (excluding diaryl/α,β-unsaturated/α-hetero) is 1. The fourth-order valence-corrected chi connectivity index (χ4v) is 1.20. The van der Waals surface area contributed by atoms with E-state index in [-0.39, 0.29) is 22.5 Å². The molecule has 0 saturated carbocycles. The van der Waals surface area contributed by atoms with Crippen LogP contribution in [0.25, 0.3) is 0 Å². The number of ketones is 1. The molecule has 1 aromatic carbocycles. The lowest BCUT2D eigenvalue weighted by atomic mass is 10.0. The Morgan fingerprint density at radius 2 is 2.08 bits per heavy atom. The fraction of sp³-hybridized carbons (Fsp3) is 0.300. The normalized spacial score (nSPS) is 10.5. The Bertz CT molecular complexity index is 332. The smallest absolute Gasteiger partial charge is 0.169 e. The molecule has 1 N–H and O–H groups in total. The van der Waals surface area contributed by atoms with Crippen molar-refractivity contribution >= 4 is 17.4 Å². The summed E-state index contributed by atoms with van der Waals surface area (Å²) < 4.78 is 0. The molecule has 0 fully saturated rings. The maximum absolute atomic E-state index is 11.5. The molecule has 0 aliphatic rings. The van der Waals surface area contributed by atoms with Crippen LogP contribution in [0.2, 0.25) is 5.02 Å². The Kier molecular flexibility index (Phi) is 2.94. The second-order valence-corrected chi connectivity index (χ2v) is 3.56. The number of carbonyl (C=O) groups excluding carboxylic acids is 1. The van der Waals surface area contributed by atoms with Crippen LogP contribution in [-0.2, 0) is 0 Å². The van der Waals surface area contributed by atoms with Crippen LogP contribution in [0.3, 0.4) is 0 Å². The summed E-state index contributed by atoms with van der Waals surface area (Å²) in [5.41, 5.74) is 0.294. The molecule has 2 nitrogen and oxygen atoms in total. The van der Waals surface area contributed by atoms with Gasteiger partial charge in [-0.3, -0.25) is 4.79 Å². The van der Waals surface area contributed by atoms with Crippen molar-refractivity contribution in [1.82, 2.24) is 0 Å². The van der Waals surface area contributed by atoms with E-state index in [2.05, 4.69) is 0 Å². The van der Waals surface area contributed by atoms with Gasteiger partial charge in [-0.1, -0.05) is 31.5 Å². The van der Waals surface area contributed by atoms with Gasteiger partial charge in [-0.15, -0.1) is 0 Å². The lowest BCUT2D eigenvalue weighted by Crippen LogP contribution is -2.07. The largest absolute Gasteiger partial charge is 0.506 e. The summed E-state index contributed by atoms with van der Waals surface area (Å²) in [5, 5.41) is 9.68. The van der Waals surface area contributed by atoms with E-state index in [0.29, 0.717) is 5.56 Å². The van der Waals surface area contributed by atoms with Gasteiger partial charge in [-0.05, 0) is 12.1 Å². The van der Waals surface area contributed by atoms with E-state index in [1.54, 1.807) is 32.0 Å². The summed E-state index contributed by atoms with van der Waals surface area (Å²) >= 11 is 5.66. The van der Waals surface area contributed by atoms with Gasteiger partial charge in [0.25, 0.3) is 0 Å². The van der Waals surface area contributed by atoms with Gasteiger partial charge < -0.3 is 5.11 Å². The van der Waals surface area contributed by atoms with Crippen molar-refractivity contribution in [3.8, 4) is 5.75 Å². The zero-order valence-corrected chi connectivity index (χ0v) is 8.30. The Morgan fingerprint density at radius 3 is 2.62 bits per heavy atom. The molecule has 70 valence electrons. The number of rotatable bonds is 2. The Labute approximate surface area is 82.2 Å². The monoisotopic (exact) mass is 198 g/mol. The molecular formula is C10H11ClO2. The predicted octanol–water partition coefficient (Wildman–Crippen LogP) is 2.88. The number of hydrogen-bond acceptors (Lipinski definition) is 2. The molecule has 0 unspecified atom stereocenters. The van der Waals surface area contributed by atoms with E-state index in [0.717, 1.165) is 0 Å². The summed E-state index contributed by atoms with van der Waals surface area (Å²) in [6.45, 7) is 3.56. The highest BCUT2D eigenvalue weighted by molar-refractivity contribution is 6.32. The molecule has 0 amide bonds. The zero-order chi connectivity index (χ0) is 10.0. The first kappa shape index (κ1) is 10.1. The van der Waals surface area contributed by atoms with Crippen molar-refractivity contribution in [3.05, 3.63) is 28.8 Å². The first-order chi connectivity index (χ1) is 6.04. The van der Waals surface area contributed by atoms with E-state index in [1.807, 2.05) is 0 Å². The summed E-state index contributed by atoms with van der Waals surface area (Å²) in [4.78, 5) is 11.5. The van der Waals surface area contributed by atoms with E-state index < -0.39 is 0 Å². The number of benzene rings is 1. The quantitative estimate of drug-likeness (QED) is 0.742. The standard InChI is InChI=1S/C10H11ClO2/c1-6(2)9(12)7-4-3-5-8(11)10(7)13/h3-6,13H,1-2H3. The molecule has 3 heteroatoms. The minimum atomic E-state index is -0.135. The molecule has 0 heterocycles. The second-order valence-electron chi connectivity index (χ2n) is 3.15. The van der Waals surface area contributed by atoms with Crippen molar-refractivity contribution in [2.45, 2.75) is 13.8 Å². The molecule has 0 radical (unpaired) electrons. The number of halogens is 1. The first-order valence-electron chi connectivity index (χ1n) is 4.05. The summed E-state index contributed by atoms with van der Waals surface area (Å²) in [6.07, 6.45) is 0. The highest BCUT2D eigenvalue weighted by Crippen LogP contribution is 2.28. The van der Waals surface area contributed by atoms with E-state index >= 15 is 0 Å². The average molecular weight is 199 g/mol. The fourth-order valence-electron chi connectivity index (χ4n) is 1.03. The minimum Gasteiger partial charge on any atom is -0.506 e. The Balaban J connectivity index is 3.15. The van der Waals surface area contributed by atoms with Crippen molar-refractivity contribution in [2.24, 2.45) is 5.92 Å². The van der Waals surface area contributed by atoms with Crippen LogP contribution < -0.4 is 0 Å². The Hall–Kier alpha value is -1.02. The minimum absolute atomic E-state index is 0.0972. The van der Waals surface area contributed by atoms with Crippen LogP contribution in [-0.4, -0.2) is 10.9 Å². The third kappa shape index (κ3) is 2.01. The zero-order valence-electron chi connectivity index (χ0n) is 7.54. The molecule has 1 aromatic rings. The van der Waals surface area contributed by atoms with E-state index in [4.69, 9.17) is 11.6 Å². The number of phenols is 1. The molecule has 0 aromatic heterocycles. The van der Waals surface area contributed by atoms with Gasteiger partial charge in [0.1, 0.15) is 5.75 Å². The van der Waals surface area contributed by atoms with Crippen LogP contribution in [0.1, 0.15) is 24.2 Å². The van der Waals surface area contributed by atoms with Crippen molar-refractivity contribution < 1.29 is 9.90 Å². The van der Waals surface area contributed by atoms with E-state index in [1.165, 1.54) is 0 Å². The molecule has 0 aliphatic carbocycles. The molecule has 0 aliphatic heterocycles. The lowest BCUT2D eigenvalue weighted by Gasteiger charge is -2.06. The lowest BCUT2D eigenvalue weighted by molar-refractivity contribution is 0.0936. The van der Waals surface area contributed by atoms with Gasteiger partial charge in [-0.2, -0.15) is 0 Å². The van der Waals surface area contributed by atoms with Crippen molar-refractivity contribution in [3.63, 3.8) is 0 Å². The van der Waals surface area contributed by atoms with Gasteiger partial charge in [-0.25, -0.2) is 0 Å². The maximum atomic E-state index is 11.5. The van der Waals surface area contributed by atoms with Crippen LogP contribution in [0.5, 0.6) is 5.75 Å². The molecular weight excluding hydrogens is 188 g/mol. The molecule has 13 heavy (non-hydrogen) atoms. The summed E-state index contributed by atoms with van der Waals surface area (Å²) in [5.74, 6) is -0.354. The SMILES string of the molecule is CC(C)C(=O)c1cccc(Cl)c1O. The third-order valence-electron chi connectivity index (χ3n) is 1.78. The number of hydrogen-bond donors (Lipinski definition) is 1. The highest BCUT2D eigenvalue weighted by atomic mass is 35.5. The molecule has 0 spiro atoms. The molecule has 0 atom stereocenters. The van der Waals surface area contributed by atoms with Crippen molar-refractivity contribution in [1.29, 1.82) is 0 Å². The van der Waals surface area contributed by atoms with Gasteiger partial charge >= 0.3 is 0 Å². The highest BCUT2D eigenvalue weighted by Gasteiger charge is 2.15. The van der Waals surface area contributed by atoms with Gasteiger partial charge in [0.15, 0.2) is 5.78 Å². The maximum Gasteiger partial charge on any atom is 0.169 e. The molecule has 0 bridgehead atoms. The number of carbonyl (C=O) groups is 1. The second kappa shape index (κ2) is 3.79. The predicted molar refractivity (Wildman–Crippen MR) is 52.3 cm³/mol. The molecule has 1 rings (SSSR count). The number of para-hydroxylation sites is 1. The molecule has 0 saturated heterocycles. The average Bonchev–Trinajstić information content (AvgIpc) is 2.08. The van der Waals surface area contributed by atoms with Gasteiger partial charge in [0.05, 0.1) is 10.6 Å². The Morgan fingerprint density at radius 1 is 1.46 bits per heavy atom. The third-order valence-corrected chi connectivity index (χ3v) is 2.08. The van der Waals surface area contributed by atoms with Crippen LogP contribution in [0.15, 0.2) is 18.2 Å². The van der Waals surface area contributed by atoms with Crippen LogP contribution in [0.4, 0.5) is 0 Å². The van der Waals surface area contributed by atoms with E-state index in [9.17, 15) is 9.90 Å². The number of phenolic OH excluding ortho intramolecular Hbond substituents is 1. The van der Waals surface area contributed by atoms with Crippen LogP contribution >= 0.6 is 11.6 Å². The summed E-state index contributed by atoms with van der Waals surface area (Å²) in [7, 11) is 0. The first-order valence-corrected chi connectivity index (χ1v) is 4.43. The topological polar surface area (TPSA) is 37.3 Å². The number of aromatic hydroxyl groups is 1. The van der Waals surface area contributed by atoms with Gasteiger partial charge in [0.2, 0.25) is 0 Å². The van der Waals surface area contributed by atoms with Crippen LogP contribution in [0, 0.1) is 5.92 Å².